The maximum absolute atomic E-state index is 15.2. The van der Waals surface area contributed by atoms with E-state index in [-0.39, 0.29) is 28.4 Å². The van der Waals surface area contributed by atoms with Crippen LogP contribution in [0, 0.1) is 11.6 Å². The third-order valence-electron chi connectivity index (χ3n) is 6.54. The first-order valence-electron chi connectivity index (χ1n) is 12.8. The summed E-state index contributed by atoms with van der Waals surface area (Å²) in [6.45, 7) is 0. The van der Waals surface area contributed by atoms with Gasteiger partial charge in [-0.1, -0.05) is 30.3 Å². The fourth-order valence-electron chi connectivity index (χ4n) is 4.48. The molecule has 0 saturated carbocycles. The lowest BCUT2D eigenvalue weighted by molar-refractivity contribution is 0.102. The molecule has 6 aromatic rings. The number of hydrogen-bond acceptors (Lipinski definition) is 6. The van der Waals surface area contributed by atoms with Crippen LogP contribution in [0.1, 0.15) is 10.4 Å². The molecule has 0 aliphatic rings. The zero-order chi connectivity index (χ0) is 29.2. The normalized spacial score (nSPS) is 10.9. The van der Waals surface area contributed by atoms with Crippen LogP contribution in [-0.2, 0) is 0 Å². The lowest BCUT2D eigenvalue weighted by Crippen LogP contribution is -2.29. The number of anilines is 2. The van der Waals surface area contributed by atoms with Gasteiger partial charge in [0.25, 0.3) is 11.5 Å². The number of hydrogen-bond donors (Lipinski definition) is 2. The van der Waals surface area contributed by atoms with Crippen LogP contribution in [-0.4, -0.2) is 22.5 Å². The highest BCUT2D eigenvalue weighted by Crippen LogP contribution is 2.35. The van der Waals surface area contributed by atoms with Gasteiger partial charge in [0.1, 0.15) is 22.7 Å². The van der Waals surface area contributed by atoms with Crippen molar-refractivity contribution < 1.29 is 22.7 Å². The lowest BCUT2D eigenvalue weighted by Gasteiger charge is -2.14. The number of halogens is 2. The van der Waals surface area contributed by atoms with E-state index in [1.165, 1.54) is 53.4 Å². The molecule has 0 aliphatic heterocycles. The number of amides is 1. The van der Waals surface area contributed by atoms with Crippen molar-refractivity contribution in [3.63, 3.8) is 0 Å². The van der Waals surface area contributed by atoms with E-state index in [0.29, 0.717) is 22.5 Å². The molecule has 10 heteroatoms. The Balaban J connectivity index is 1.25. The lowest BCUT2D eigenvalue weighted by atomic mass is 10.2. The third-order valence-corrected chi connectivity index (χ3v) is 6.54. The maximum atomic E-state index is 15.2. The van der Waals surface area contributed by atoms with E-state index in [1.807, 2.05) is 30.3 Å². The summed E-state index contributed by atoms with van der Waals surface area (Å²) in [7, 11) is 1.57. The monoisotopic (exact) mass is 564 g/mol. The molecule has 0 atom stereocenters. The van der Waals surface area contributed by atoms with Crippen molar-refractivity contribution in [2.75, 3.05) is 17.7 Å². The van der Waals surface area contributed by atoms with Crippen molar-refractivity contribution in [1.82, 2.24) is 9.55 Å². The highest BCUT2D eigenvalue weighted by atomic mass is 19.1. The van der Waals surface area contributed by atoms with Crippen molar-refractivity contribution in [3.8, 4) is 28.5 Å². The van der Waals surface area contributed by atoms with Crippen molar-refractivity contribution in [1.29, 1.82) is 0 Å². The number of rotatable bonds is 7. The number of carbonyl (C=O) groups excluding carboxylic acids is 1. The molecule has 1 amide bonds. The maximum Gasteiger partial charge on any atom is 0.270 e. The van der Waals surface area contributed by atoms with Crippen LogP contribution in [0.25, 0.3) is 28.1 Å². The second-order valence-electron chi connectivity index (χ2n) is 9.21. The van der Waals surface area contributed by atoms with Gasteiger partial charge in [-0.25, -0.2) is 8.78 Å². The Morgan fingerprint density at radius 2 is 1.71 bits per heavy atom. The summed E-state index contributed by atoms with van der Waals surface area (Å²) < 4.78 is 41.6. The summed E-state index contributed by atoms with van der Waals surface area (Å²) in [4.78, 5) is 30.8. The zero-order valence-corrected chi connectivity index (χ0v) is 22.1. The van der Waals surface area contributed by atoms with E-state index >= 15 is 4.39 Å². The predicted octanol–water partition coefficient (Wildman–Crippen LogP) is 7.01. The smallest absolute Gasteiger partial charge is 0.270 e. The van der Waals surface area contributed by atoms with Crippen LogP contribution in [0.2, 0.25) is 0 Å². The number of pyridine rings is 2. The number of carbonyl (C=O) groups is 1. The molecule has 0 aliphatic carbocycles. The molecular formula is C32H22F2N4O4. The van der Waals surface area contributed by atoms with E-state index in [9.17, 15) is 14.0 Å². The first-order chi connectivity index (χ1) is 20.4. The van der Waals surface area contributed by atoms with Gasteiger partial charge in [0.05, 0.1) is 5.69 Å². The molecule has 0 unspecified atom stereocenters. The Bertz CT molecular complexity index is 1990. The molecule has 8 nitrogen and oxygen atoms in total. The van der Waals surface area contributed by atoms with Gasteiger partial charge in [0.15, 0.2) is 22.9 Å². The molecule has 2 N–H and O–H groups in total. The van der Waals surface area contributed by atoms with Crippen LogP contribution in [0.15, 0.2) is 113 Å². The average molecular weight is 565 g/mol. The van der Waals surface area contributed by atoms with Crippen LogP contribution >= 0.6 is 0 Å². The average Bonchev–Trinajstić information content (AvgIpc) is 3.45. The van der Waals surface area contributed by atoms with Gasteiger partial charge in [-0.15, -0.1) is 0 Å². The number of ether oxygens (including phenoxy) is 1. The first-order valence-corrected chi connectivity index (χ1v) is 12.8. The van der Waals surface area contributed by atoms with Gasteiger partial charge in [-0.2, -0.15) is 0 Å². The van der Waals surface area contributed by atoms with E-state index in [4.69, 9.17) is 9.15 Å². The van der Waals surface area contributed by atoms with Crippen molar-refractivity contribution in [2.45, 2.75) is 0 Å². The molecule has 6 rings (SSSR count). The Hall–Kier alpha value is -5.77. The minimum Gasteiger partial charge on any atom is -0.450 e. The van der Waals surface area contributed by atoms with Gasteiger partial charge in [0.2, 0.25) is 0 Å². The first kappa shape index (κ1) is 26.5. The zero-order valence-electron chi connectivity index (χ0n) is 22.1. The second kappa shape index (κ2) is 11.0. The molecule has 3 aromatic carbocycles. The topological polar surface area (TPSA) is 98.4 Å². The van der Waals surface area contributed by atoms with Gasteiger partial charge in [0, 0.05) is 54.6 Å². The molecule has 0 fully saturated rings. The van der Waals surface area contributed by atoms with Gasteiger partial charge < -0.3 is 19.8 Å². The summed E-state index contributed by atoms with van der Waals surface area (Å²) >= 11 is 0. The highest BCUT2D eigenvalue weighted by Gasteiger charge is 2.20. The SMILES string of the molecule is CNc1ccn(-c2ccc(F)cc2)c(=O)c1C(=O)Nc1ccc(Oc2ccnc3cc(-c4ccccc4)oc23)c(F)c1. The molecule has 0 radical (unpaired) electrons. The minimum atomic E-state index is -0.756. The number of fused-ring (bicyclic) bond motifs is 1. The fourth-order valence-corrected chi connectivity index (χ4v) is 4.48. The third kappa shape index (κ3) is 5.08. The minimum absolute atomic E-state index is 0.104. The van der Waals surface area contributed by atoms with Crippen LogP contribution in [0.4, 0.5) is 20.2 Å². The van der Waals surface area contributed by atoms with E-state index in [2.05, 4.69) is 15.6 Å². The summed E-state index contributed by atoms with van der Waals surface area (Å²) in [6.07, 6.45) is 3.01. The number of furan rings is 1. The number of nitrogens with one attached hydrogen (secondary N) is 2. The van der Waals surface area contributed by atoms with Crippen molar-refractivity contribution in [3.05, 3.63) is 131 Å². The fraction of sp³-hybridized carbons (Fsp3) is 0.0312. The Morgan fingerprint density at radius 3 is 2.45 bits per heavy atom. The van der Waals surface area contributed by atoms with Crippen molar-refractivity contribution in [2.24, 2.45) is 0 Å². The second-order valence-corrected chi connectivity index (χ2v) is 9.21. The molecule has 42 heavy (non-hydrogen) atoms. The molecule has 0 spiro atoms. The highest BCUT2D eigenvalue weighted by molar-refractivity contribution is 6.07. The summed E-state index contributed by atoms with van der Waals surface area (Å²) in [6, 6.07) is 23.5. The summed E-state index contributed by atoms with van der Waals surface area (Å²) in [5, 5.41) is 5.39. The summed E-state index contributed by atoms with van der Waals surface area (Å²) in [5.74, 6) is -1.21. The molecule has 3 aromatic heterocycles. The Kier molecular flexibility index (Phi) is 6.93. The Morgan fingerprint density at radius 1 is 0.929 bits per heavy atom. The number of aromatic nitrogens is 2. The number of benzene rings is 3. The van der Waals surface area contributed by atoms with Crippen LogP contribution in [0.3, 0.4) is 0 Å². The molecule has 208 valence electrons. The summed E-state index contributed by atoms with van der Waals surface area (Å²) in [5.41, 5.74) is 1.68. The molecular weight excluding hydrogens is 542 g/mol. The quantitative estimate of drug-likeness (QED) is 0.216. The number of nitrogens with zero attached hydrogens (tertiary/aromatic N) is 2. The van der Waals surface area contributed by atoms with E-state index in [1.54, 1.807) is 25.2 Å². The van der Waals surface area contributed by atoms with Crippen molar-refractivity contribution >= 4 is 28.4 Å². The van der Waals surface area contributed by atoms with E-state index in [0.717, 1.165) is 11.6 Å². The largest absolute Gasteiger partial charge is 0.450 e. The van der Waals surface area contributed by atoms with Crippen LogP contribution in [0.5, 0.6) is 11.5 Å². The standard InChI is InChI=1S/C32H22F2N4O4/c1-35-24-14-16-38(22-10-7-20(33)8-11-22)32(40)29(24)31(39)37-21-9-12-26(23(34)17-21)41-27-13-15-36-25-18-28(42-30(25)27)19-5-3-2-4-6-19/h2-18,35H,1H3,(H,37,39). The Labute approximate surface area is 237 Å². The molecule has 3 heterocycles. The molecule has 0 bridgehead atoms. The van der Waals surface area contributed by atoms with Crippen LogP contribution < -0.4 is 20.9 Å². The van der Waals surface area contributed by atoms with Gasteiger partial charge in [-0.3, -0.25) is 19.1 Å². The predicted molar refractivity (Wildman–Crippen MR) is 155 cm³/mol. The van der Waals surface area contributed by atoms with E-state index < -0.39 is 23.1 Å². The van der Waals surface area contributed by atoms with Gasteiger partial charge in [-0.05, 0) is 42.5 Å². The van der Waals surface area contributed by atoms with Gasteiger partial charge >= 0.3 is 0 Å². The molecule has 0 saturated heterocycles.